The first-order valence-corrected chi connectivity index (χ1v) is 29.4. The second-order valence-electron chi connectivity index (χ2n) is 22.8. The molecule has 0 aromatic heterocycles. The number of amides is 5. The number of piperazine rings is 1. The molecule has 19 heteroatoms. The largest absolute Gasteiger partial charge is 0.493 e. The van der Waals surface area contributed by atoms with Crippen LogP contribution in [0.1, 0.15) is 104 Å². The van der Waals surface area contributed by atoms with Crippen molar-refractivity contribution in [1.82, 2.24) is 24.9 Å². The van der Waals surface area contributed by atoms with Crippen LogP contribution in [-0.2, 0) is 19.2 Å². The van der Waals surface area contributed by atoms with Crippen LogP contribution in [0, 0.1) is 11.8 Å². The Morgan fingerprint density at radius 2 is 1.24 bits per heavy atom. The van der Waals surface area contributed by atoms with Crippen molar-refractivity contribution in [2.24, 2.45) is 21.8 Å². The second kappa shape index (κ2) is 26.4. The number of nitrogens with zero attached hydrogens (tertiary/aromatic N) is 7. The molecule has 4 aromatic rings. The number of Topliss-reactive ketones (excluding diaryl/α,β-unsaturated/α-hetero) is 1. The van der Waals surface area contributed by atoms with Gasteiger partial charge in [0.15, 0.2) is 28.8 Å². The molecule has 6 heterocycles. The molecule has 6 aliphatic rings. The summed E-state index contributed by atoms with van der Waals surface area (Å²) in [5, 5.41) is 5.81. The summed E-state index contributed by atoms with van der Waals surface area (Å²) in [5.41, 5.74) is 8.14. The number of methoxy groups -OCH3 is 2. The Labute approximate surface area is 496 Å². The van der Waals surface area contributed by atoms with Gasteiger partial charge in [0.2, 0.25) is 11.8 Å². The van der Waals surface area contributed by atoms with E-state index in [2.05, 4.69) is 58.3 Å². The number of anilines is 2. The third-order valence-corrected chi connectivity index (χ3v) is 16.5. The van der Waals surface area contributed by atoms with Gasteiger partial charge in [-0.2, -0.15) is 0 Å². The Kier molecular flexibility index (Phi) is 18.4. The fourth-order valence-electron chi connectivity index (χ4n) is 11.4. The van der Waals surface area contributed by atoms with E-state index in [9.17, 15) is 28.8 Å². The zero-order valence-corrected chi connectivity index (χ0v) is 49.3. The molecule has 0 saturated carbocycles. The standard InChI is InChI=1S/C66H75N9O10/c1-41(2)63(70-61(77)12-9-8-10-23-73-43(4)13-22-62(73)78)56(76)30-42(3)64(79)69-48-18-14-44(15-19-48)46-31-50-37-67-54-35-59(57(82-6)33-52(54)65(80)74(50)39-46)84-28-11-29-85-60-36-55-53(34-58(60)83-7)66(81)75-40-47(32-51(75)38-68-55)45-16-20-49(21-17-45)72-26-24-71(5)25-27-72/h13-22,33-42,50-51,63H,4,8-12,23-32H2,1-3,5-7H3,(H,69,79)(H,70,77)/t42-,50+,51+,63?/m1/s1. The lowest BCUT2D eigenvalue weighted by atomic mass is 9.92. The Balaban J connectivity index is 0.682. The monoisotopic (exact) mass is 1150 g/mol. The number of carbonyl (C=O) groups is 6. The van der Waals surface area contributed by atoms with Crippen LogP contribution in [0.5, 0.6) is 23.0 Å². The summed E-state index contributed by atoms with van der Waals surface area (Å²) in [6.45, 7) is 14.4. The number of ketones is 1. The number of hydrogen-bond acceptors (Lipinski definition) is 14. The smallest absolute Gasteiger partial charge is 0.260 e. The van der Waals surface area contributed by atoms with Crippen LogP contribution in [0.15, 0.2) is 120 Å². The maximum absolute atomic E-state index is 14.2. The van der Waals surface area contributed by atoms with E-state index in [1.807, 2.05) is 44.6 Å². The minimum Gasteiger partial charge on any atom is -0.493 e. The average molecular weight is 1150 g/mol. The molecule has 0 radical (unpaired) electrons. The number of nitrogens with one attached hydrogen (secondary N) is 2. The normalized spacial score (nSPS) is 18.7. The summed E-state index contributed by atoms with van der Waals surface area (Å²) in [6, 6.07) is 21.5. The van der Waals surface area contributed by atoms with Gasteiger partial charge in [-0.05, 0) is 90.6 Å². The summed E-state index contributed by atoms with van der Waals surface area (Å²) in [6.07, 6.45) is 14.5. The van der Waals surface area contributed by atoms with Crippen molar-refractivity contribution in [3.05, 3.63) is 132 Å². The molecular weight excluding hydrogens is 1080 g/mol. The van der Waals surface area contributed by atoms with Gasteiger partial charge in [-0.25, -0.2) is 0 Å². The van der Waals surface area contributed by atoms with Crippen LogP contribution in [0.2, 0.25) is 0 Å². The van der Waals surface area contributed by atoms with E-state index in [0.29, 0.717) is 89.1 Å². The van der Waals surface area contributed by atoms with E-state index in [-0.39, 0.29) is 79.4 Å². The molecule has 1 unspecified atom stereocenters. The van der Waals surface area contributed by atoms with Crippen molar-refractivity contribution < 1.29 is 47.7 Å². The van der Waals surface area contributed by atoms with E-state index >= 15 is 0 Å². The van der Waals surface area contributed by atoms with Crippen molar-refractivity contribution in [3.63, 3.8) is 0 Å². The van der Waals surface area contributed by atoms with Crippen molar-refractivity contribution in [1.29, 1.82) is 0 Å². The van der Waals surface area contributed by atoms with Gasteiger partial charge in [-0.1, -0.05) is 58.0 Å². The molecule has 19 nitrogen and oxygen atoms in total. The van der Waals surface area contributed by atoms with Gasteiger partial charge in [-0.15, -0.1) is 0 Å². The number of benzene rings is 4. The highest BCUT2D eigenvalue weighted by Gasteiger charge is 2.36. The van der Waals surface area contributed by atoms with E-state index in [1.165, 1.54) is 18.9 Å². The zero-order valence-electron chi connectivity index (χ0n) is 49.3. The molecule has 0 aliphatic carbocycles. The van der Waals surface area contributed by atoms with Gasteiger partial charge < -0.3 is 54.1 Å². The fraction of sp³-hybridized carbons (Fsp3) is 0.394. The fourth-order valence-corrected chi connectivity index (χ4v) is 11.4. The third-order valence-electron chi connectivity index (χ3n) is 16.5. The highest BCUT2D eigenvalue weighted by atomic mass is 16.5. The highest BCUT2D eigenvalue weighted by Crippen LogP contribution is 2.42. The molecule has 10 rings (SSSR count). The molecule has 4 atom stereocenters. The van der Waals surface area contributed by atoms with Crippen molar-refractivity contribution in [3.8, 4) is 23.0 Å². The van der Waals surface area contributed by atoms with Gasteiger partial charge in [0.05, 0.1) is 68.1 Å². The minimum absolute atomic E-state index is 0.0436. The first kappa shape index (κ1) is 59.3. The maximum Gasteiger partial charge on any atom is 0.260 e. The van der Waals surface area contributed by atoms with Gasteiger partial charge in [0, 0.05) is 131 Å². The first-order valence-electron chi connectivity index (χ1n) is 29.4. The molecule has 85 heavy (non-hydrogen) atoms. The number of rotatable bonds is 24. The van der Waals surface area contributed by atoms with Gasteiger partial charge in [0.25, 0.3) is 17.7 Å². The Morgan fingerprint density at radius 1 is 0.682 bits per heavy atom. The Morgan fingerprint density at radius 3 is 1.75 bits per heavy atom. The van der Waals surface area contributed by atoms with Crippen LogP contribution in [0.4, 0.5) is 22.7 Å². The summed E-state index contributed by atoms with van der Waals surface area (Å²) in [7, 11) is 5.21. The molecule has 1 saturated heterocycles. The number of unbranched alkanes of at least 4 members (excludes halogenated alkanes) is 2. The summed E-state index contributed by atoms with van der Waals surface area (Å²) in [5.74, 6) is -0.387. The van der Waals surface area contributed by atoms with Crippen LogP contribution in [-0.4, -0.2) is 153 Å². The lowest BCUT2D eigenvalue weighted by Gasteiger charge is -2.34. The summed E-state index contributed by atoms with van der Waals surface area (Å²) >= 11 is 0. The Bertz CT molecular complexity index is 3380. The lowest BCUT2D eigenvalue weighted by Crippen LogP contribution is -2.45. The number of hydrogen-bond donors (Lipinski definition) is 2. The van der Waals surface area contributed by atoms with E-state index in [0.717, 1.165) is 61.3 Å². The predicted octanol–water partition coefficient (Wildman–Crippen LogP) is 9.39. The quantitative estimate of drug-likeness (QED) is 0.0630. The number of fused-ring (bicyclic) bond motifs is 4. The number of aliphatic imine (C=N–C) groups is 2. The molecule has 0 bridgehead atoms. The SMILES string of the molecule is C=C1C=CC(=O)N1CCCCCC(=O)NC(C(=O)C[C@@H](C)C(=O)Nc1ccc(C2=CN3C(=O)c4cc(OC)c(OCCCOc5cc6c(cc5OC)C(=O)N5C=C(c7ccc(N8CCN(C)CC8)cc7)C[C@H]5C=N6)cc4N=C[C@@H]3C2)cc1)C(C)C. The van der Waals surface area contributed by atoms with Gasteiger partial charge >= 0.3 is 0 Å². The first-order chi connectivity index (χ1) is 41.0. The molecule has 5 amide bonds. The summed E-state index contributed by atoms with van der Waals surface area (Å²) < 4.78 is 23.9. The third kappa shape index (κ3) is 13.6. The number of ether oxygens (including phenoxy) is 4. The topological polar surface area (TPSA) is 204 Å². The zero-order chi connectivity index (χ0) is 59.9. The highest BCUT2D eigenvalue weighted by molar-refractivity contribution is 6.07. The molecule has 0 spiro atoms. The van der Waals surface area contributed by atoms with Crippen LogP contribution in [0.25, 0.3) is 11.1 Å². The van der Waals surface area contributed by atoms with E-state index in [4.69, 9.17) is 28.9 Å². The minimum atomic E-state index is -0.726. The van der Waals surface area contributed by atoms with Crippen molar-refractivity contribution >= 4 is 81.6 Å². The van der Waals surface area contributed by atoms with Crippen molar-refractivity contribution in [2.45, 2.75) is 90.3 Å². The molecular formula is C66H75N9O10. The van der Waals surface area contributed by atoms with Crippen LogP contribution < -0.4 is 34.5 Å². The van der Waals surface area contributed by atoms with Crippen molar-refractivity contribution in [2.75, 3.05) is 77.4 Å². The van der Waals surface area contributed by atoms with Gasteiger partial charge in [-0.3, -0.25) is 38.8 Å². The number of allylic oxidation sites excluding steroid dienone is 1. The number of likely N-dealkylation sites (N-methyl/N-ethyl adjacent to an activating group) is 1. The number of carbonyl (C=O) groups excluding carboxylic acids is 6. The lowest BCUT2D eigenvalue weighted by molar-refractivity contribution is -0.130. The van der Waals surface area contributed by atoms with Crippen LogP contribution >= 0.6 is 0 Å². The maximum atomic E-state index is 14.2. The van der Waals surface area contributed by atoms with Gasteiger partial charge in [0.1, 0.15) is 0 Å². The van der Waals surface area contributed by atoms with E-state index < -0.39 is 12.0 Å². The van der Waals surface area contributed by atoms with E-state index in [1.54, 1.807) is 77.4 Å². The van der Waals surface area contributed by atoms with Crippen LogP contribution in [0.3, 0.4) is 0 Å². The Hall–Kier alpha value is -8.84. The predicted molar refractivity (Wildman–Crippen MR) is 328 cm³/mol. The summed E-state index contributed by atoms with van der Waals surface area (Å²) in [4.78, 5) is 99.1. The second-order valence-corrected chi connectivity index (χ2v) is 22.8. The molecule has 444 valence electrons. The molecule has 2 N–H and O–H groups in total. The average Bonchev–Trinajstić information content (AvgIpc) is 3.22. The molecule has 4 aromatic carbocycles. The molecule has 6 aliphatic heterocycles. The molecule has 1 fully saturated rings.